The number of benzene rings is 1. The Labute approximate surface area is 127 Å². The first-order chi connectivity index (χ1) is 9.25. The maximum Gasteiger partial charge on any atom is 0.236 e. The van der Waals surface area contributed by atoms with Crippen molar-refractivity contribution < 1.29 is 9.53 Å². The van der Waals surface area contributed by atoms with Crippen LogP contribution in [0.3, 0.4) is 0 Å². The molecule has 0 saturated carbocycles. The van der Waals surface area contributed by atoms with Gasteiger partial charge in [-0.2, -0.15) is 0 Å². The Kier molecular flexibility index (Phi) is 7.41. The van der Waals surface area contributed by atoms with Gasteiger partial charge in [0.1, 0.15) is 12.4 Å². The maximum absolute atomic E-state index is 12.0. The average molecular weight is 299 g/mol. The molecule has 0 spiro atoms. The standard InChI is InChI=1S/C15H22N2O2.ClH/c1-16(15(18)13-17-9-5-6-10-17)11-12-19-14-7-3-2-4-8-14;/h2-4,7-8H,5-6,9-13H2,1H3;1H. The first-order valence-electron chi connectivity index (χ1n) is 6.90. The van der Waals surface area contributed by atoms with Crippen molar-refractivity contribution in [3.05, 3.63) is 30.3 Å². The Morgan fingerprint density at radius 3 is 2.55 bits per heavy atom. The lowest BCUT2D eigenvalue weighted by atomic mass is 10.3. The zero-order valence-electron chi connectivity index (χ0n) is 12.0. The molecule has 0 radical (unpaired) electrons. The van der Waals surface area contributed by atoms with Crippen molar-refractivity contribution in [1.82, 2.24) is 9.80 Å². The topological polar surface area (TPSA) is 32.8 Å². The van der Waals surface area contributed by atoms with Crippen molar-refractivity contribution in [1.29, 1.82) is 0 Å². The van der Waals surface area contributed by atoms with Crippen LogP contribution in [0.15, 0.2) is 30.3 Å². The molecular weight excluding hydrogens is 276 g/mol. The van der Waals surface area contributed by atoms with E-state index in [1.807, 2.05) is 37.4 Å². The van der Waals surface area contributed by atoms with E-state index in [9.17, 15) is 4.79 Å². The summed E-state index contributed by atoms with van der Waals surface area (Å²) in [7, 11) is 1.84. The zero-order chi connectivity index (χ0) is 13.5. The fourth-order valence-electron chi connectivity index (χ4n) is 2.19. The minimum absolute atomic E-state index is 0. The minimum Gasteiger partial charge on any atom is -0.492 e. The van der Waals surface area contributed by atoms with E-state index in [0.717, 1.165) is 18.8 Å². The van der Waals surface area contributed by atoms with Crippen molar-refractivity contribution in [2.24, 2.45) is 0 Å². The summed E-state index contributed by atoms with van der Waals surface area (Å²) in [6.07, 6.45) is 2.43. The van der Waals surface area contributed by atoms with Gasteiger partial charge in [0.15, 0.2) is 0 Å². The second kappa shape index (κ2) is 8.82. The average Bonchev–Trinajstić information content (AvgIpc) is 2.92. The van der Waals surface area contributed by atoms with Crippen LogP contribution in [0.25, 0.3) is 0 Å². The number of likely N-dealkylation sites (tertiary alicyclic amines) is 1. The zero-order valence-corrected chi connectivity index (χ0v) is 12.8. The number of hydrogen-bond donors (Lipinski definition) is 0. The first kappa shape index (κ1) is 16.8. The molecule has 1 fully saturated rings. The van der Waals surface area contributed by atoms with Gasteiger partial charge in [-0.1, -0.05) is 18.2 Å². The largest absolute Gasteiger partial charge is 0.492 e. The second-order valence-corrected chi connectivity index (χ2v) is 4.96. The van der Waals surface area contributed by atoms with Crippen LogP contribution < -0.4 is 4.74 Å². The van der Waals surface area contributed by atoms with Gasteiger partial charge in [-0.05, 0) is 38.1 Å². The predicted molar refractivity (Wildman–Crippen MR) is 82.5 cm³/mol. The Morgan fingerprint density at radius 2 is 1.90 bits per heavy atom. The number of para-hydroxylation sites is 1. The smallest absolute Gasteiger partial charge is 0.236 e. The van der Waals surface area contributed by atoms with Crippen LogP contribution in [0, 0.1) is 0 Å². The van der Waals surface area contributed by atoms with E-state index >= 15 is 0 Å². The predicted octanol–water partition coefficient (Wildman–Crippen LogP) is 2.04. The highest BCUT2D eigenvalue weighted by molar-refractivity contribution is 5.85. The molecule has 1 aliphatic heterocycles. The Bertz CT molecular complexity index is 394. The number of hydrogen-bond acceptors (Lipinski definition) is 3. The summed E-state index contributed by atoms with van der Waals surface area (Å²) < 4.78 is 5.59. The van der Waals surface area contributed by atoms with Crippen molar-refractivity contribution in [2.75, 3.05) is 39.8 Å². The van der Waals surface area contributed by atoms with E-state index in [-0.39, 0.29) is 18.3 Å². The molecule has 0 aliphatic carbocycles. The first-order valence-corrected chi connectivity index (χ1v) is 6.90. The number of halogens is 1. The SMILES string of the molecule is CN(CCOc1ccccc1)C(=O)CN1CCCC1.Cl. The summed E-state index contributed by atoms with van der Waals surface area (Å²) in [5.74, 6) is 1.03. The molecule has 20 heavy (non-hydrogen) atoms. The molecule has 1 amide bonds. The van der Waals surface area contributed by atoms with Gasteiger partial charge in [0.25, 0.3) is 0 Å². The number of ether oxygens (including phenoxy) is 1. The summed E-state index contributed by atoms with van der Waals surface area (Å²) >= 11 is 0. The van der Waals surface area contributed by atoms with Gasteiger partial charge in [-0.25, -0.2) is 0 Å². The maximum atomic E-state index is 12.0. The van der Waals surface area contributed by atoms with Gasteiger partial charge in [0.2, 0.25) is 5.91 Å². The van der Waals surface area contributed by atoms with Gasteiger partial charge in [0.05, 0.1) is 13.1 Å². The van der Waals surface area contributed by atoms with Gasteiger partial charge in [0, 0.05) is 7.05 Å². The summed E-state index contributed by atoms with van der Waals surface area (Å²) in [5, 5.41) is 0. The summed E-state index contributed by atoms with van der Waals surface area (Å²) in [4.78, 5) is 15.9. The van der Waals surface area contributed by atoms with E-state index in [1.54, 1.807) is 4.90 Å². The fourth-order valence-corrected chi connectivity index (χ4v) is 2.19. The quantitative estimate of drug-likeness (QED) is 0.806. The molecule has 0 atom stereocenters. The Balaban J connectivity index is 0.00000200. The molecule has 2 rings (SSSR count). The molecule has 1 heterocycles. The van der Waals surface area contributed by atoms with Crippen LogP contribution in [0.5, 0.6) is 5.75 Å². The number of amides is 1. The molecule has 0 aromatic heterocycles. The molecule has 4 nitrogen and oxygen atoms in total. The molecule has 1 saturated heterocycles. The highest BCUT2D eigenvalue weighted by atomic mass is 35.5. The van der Waals surface area contributed by atoms with Crippen molar-refractivity contribution >= 4 is 18.3 Å². The molecule has 0 N–H and O–H groups in total. The lowest BCUT2D eigenvalue weighted by Crippen LogP contribution is -2.38. The lowest BCUT2D eigenvalue weighted by molar-refractivity contribution is -0.131. The number of carbonyl (C=O) groups excluding carboxylic acids is 1. The monoisotopic (exact) mass is 298 g/mol. The van der Waals surface area contributed by atoms with Crippen LogP contribution in [-0.4, -0.2) is 55.5 Å². The fraction of sp³-hybridized carbons (Fsp3) is 0.533. The van der Waals surface area contributed by atoms with E-state index in [2.05, 4.69) is 4.90 Å². The van der Waals surface area contributed by atoms with Crippen molar-refractivity contribution in [3.63, 3.8) is 0 Å². The molecule has 0 bridgehead atoms. The van der Waals surface area contributed by atoms with Gasteiger partial charge >= 0.3 is 0 Å². The van der Waals surface area contributed by atoms with Gasteiger partial charge < -0.3 is 9.64 Å². The molecule has 5 heteroatoms. The third-order valence-corrected chi connectivity index (χ3v) is 3.42. The summed E-state index contributed by atoms with van der Waals surface area (Å²) in [6.45, 7) is 3.82. The lowest BCUT2D eigenvalue weighted by Gasteiger charge is -2.21. The number of rotatable bonds is 6. The third kappa shape index (κ3) is 5.39. The molecule has 1 aromatic rings. The Morgan fingerprint density at radius 1 is 1.25 bits per heavy atom. The van der Waals surface area contributed by atoms with Crippen LogP contribution in [0.2, 0.25) is 0 Å². The van der Waals surface area contributed by atoms with Gasteiger partial charge in [-0.15, -0.1) is 12.4 Å². The normalized spacial score (nSPS) is 14.7. The molecular formula is C15H23ClN2O2. The van der Waals surface area contributed by atoms with E-state index in [4.69, 9.17) is 4.74 Å². The number of carbonyl (C=O) groups is 1. The van der Waals surface area contributed by atoms with Gasteiger partial charge in [-0.3, -0.25) is 9.69 Å². The van der Waals surface area contributed by atoms with Crippen molar-refractivity contribution in [3.8, 4) is 5.75 Å². The van der Waals surface area contributed by atoms with E-state index < -0.39 is 0 Å². The molecule has 112 valence electrons. The van der Waals surface area contributed by atoms with Crippen LogP contribution in [-0.2, 0) is 4.79 Å². The summed E-state index contributed by atoms with van der Waals surface area (Å²) in [6, 6.07) is 9.69. The van der Waals surface area contributed by atoms with E-state index in [1.165, 1.54) is 12.8 Å². The Hall–Kier alpha value is -1.26. The van der Waals surface area contributed by atoms with Crippen LogP contribution in [0.4, 0.5) is 0 Å². The third-order valence-electron chi connectivity index (χ3n) is 3.42. The summed E-state index contributed by atoms with van der Waals surface area (Å²) in [5.41, 5.74) is 0. The molecule has 1 aromatic carbocycles. The number of nitrogens with zero attached hydrogens (tertiary/aromatic N) is 2. The molecule has 1 aliphatic rings. The number of likely N-dealkylation sites (N-methyl/N-ethyl adjacent to an activating group) is 1. The minimum atomic E-state index is 0. The second-order valence-electron chi connectivity index (χ2n) is 4.96. The highest BCUT2D eigenvalue weighted by Crippen LogP contribution is 2.09. The van der Waals surface area contributed by atoms with Crippen LogP contribution >= 0.6 is 12.4 Å². The van der Waals surface area contributed by atoms with E-state index in [0.29, 0.717) is 19.7 Å². The highest BCUT2D eigenvalue weighted by Gasteiger charge is 2.17. The molecule has 0 unspecified atom stereocenters. The van der Waals surface area contributed by atoms with Crippen molar-refractivity contribution in [2.45, 2.75) is 12.8 Å². The van der Waals surface area contributed by atoms with Crippen LogP contribution in [0.1, 0.15) is 12.8 Å².